The molecule has 12 nitrogen and oxygen atoms in total. The number of hydrogen-bond donors (Lipinski definition) is 0. The molecule has 1 aliphatic carbocycles. The maximum Gasteiger partial charge on any atom is 0.164 e. The zero-order valence-corrected chi connectivity index (χ0v) is 53.1. The molecule has 0 bridgehead atoms. The highest BCUT2D eigenvalue weighted by Gasteiger charge is 2.44. The number of benzene rings is 1. The van der Waals surface area contributed by atoms with Gasteiger partial charge in [0.15, 0.2) is 6.29 Å². The van der Waals surface area contributed by atoms with Gasteiger partial charge >= 0.3 is 0 Å². The lowest BCUT2D eigenvalue weighted by atomic mass is 9.69. The summed E-state index contributed by atoms with van der Waals surface area (Å²) >= 11 is 0. The van der Waals surface area contributed by atoms with E-state index < -0.39 is 0 Å². The first-order chi connectivity index (χ1) is 35.1. The van der Waals surface area contributed by atoms with Gasteiger partial charge in [0.2, 0.25) is 0 Å². The molecule has 0 N–H and O–H groups in total. The molecule has 446 valence electrons. The molecule has 1 aliphatic rings. The van der Waals surface area contributed by atoms with Gasteiger partial charge in [-0.1, -0.05) is 146 Å². The third-order valence-corrected chi connectivity index (χ3v) is 12.4. The normalized spacial score (nSPS) is 13.7. The molecule has 0 radical (unpaired) electrons. The lowest BCUT2D eigenvalue weighted by Crippen LogP contribution is -2.47. The van der Waals surface area contributed by atoms with Crippen LogP contribution in [0.3, 0.4) is 0 Å². The van der Waals surface area contributed by atoms with Crippen molar-refractivity contribution in [2.45, 2.75) is 204 Å². The molecule has 0 spiro atoms. The molecule has 4 atom stereocenters. The van der Waals surface area contributed by atoms with Crippen molar-refractivity contribution in [2.24, 2.45) is 29.1 Å². The third kappa shape index (κ3) is 61.3. The quantitative estimate of drug-likeness (QED) is 0.0684. The lowest BCUT2D eigenvalue weighted by molar-refractivity contribution is -0.215. The van der Waals surface area contributed by atoms with Gasteiger partial charge in [0.25, 0.3) is 0 Å². The average molecular weight is 1060 g/mol. The van der Waals surface area contributed by atoms with Crippen LogP contribution < -0.4 is 4.74 Å². The maximum absolute atomic E-state index is 5.63. The van der Waals surface area contributed by atoms with Gasteiger partial charge in [-0.3, -0.25) is 0 Å². The predicted octanol–water partition coefficient (Wildman–Crippen LogP) is 15.7. The van der Waals surface area contributed by atoms with Gasteiger partial charge in [0.05, 0.1) is 39.1 Å². The molecule has 12 heteroatoms. The Morgan fingerprint density at radius 3 is 1.18 bits per heavy atom. The third-order valence-electron chi connectivity index (χ3n) is 12.4. The standard InChI is InChI=1S/C17H36O3.C9H20O2.C7H14O.C7H8O.C5H12O.4C4H10O/c1-8-10-11-15(9-2)12-17(13-18-5,14(3)4)16(19-6)20-7;1-5-8(2)9(6-10-3)7-11-4;2*1-8-7-5-3-2-4-6-7;1-4-5(2)6-3;4*1-3-4-5-2/h14-16H,8-13H2,1-7H3;8-9H,5-7H2,1-4H3;7H,2-6H2,1H3;2-6H,1H3;5H,4H2,1-3H3;4*3-4H2,1-2H3. The smallest absolute Gasteiger partial charge is 0.164 e. The molecule has 0 amide bonds. The van der Waals surface area contributed by atoms with Crippen molar-refractivity contribution in [3.8, 4) is 5.75 Å². The van der Waals surface area contributed by atoms with Crippen LogP contribution in [0.4, 0.5) is 0 Å². The van der Waals surface area contributed by atoms with Crippen molar-refractivity contribution in [1.82, 2.24) is 0 Å². The summed E-state index contributed by atoms with van der Waals surface area (Å²) in [5, 5.41) is 0. The number of para-hydroxylation sites is 1. The zero-order valence-electron chi connectivity index (χ0n) is 53.1. The Hall–Kier alpha value is -1.42. The molecule has 1 fully saturated rings. The Kier molecular flexibility index (Phi) is 85.1. The van der Waals surface area contributed by atoms with E-state index in [1.165, 1.54) is 64.2 Å². The minimum Gasteiger partial charge on any atom is -0.497 e. The molecule has 0 saturated heterocycles. The summed E-state index contributed by atoms with van der Waals surface area (Å²) in [5.41, 5.74) is -0.0767. The Bertz CT molecular complexity index is 988. The van der Waals surface area contributed by atoms with E-state index in [4.69, 9.17) is 56.8 Å². The van der Waals surface area contributed by atoms with Crippen molar-refractivity contribution in [3.05, 3.63) is 30.3 Å². The van der Waals surface area contributed by atoms with E-state index in [-0.39, 0.29) is 11.7 Å². The fourth-order valence-corrected chi connectivity index (χ4v) is 7.19. The summed E-state index contributed by atoms with van der Waals surface area (Å²) in [6, 6.07) is 9.68. The SMILES string of the molecule is CCC(C)C(COC)COC.CCC(C)OC.CCCCC(CC)CC(COC)(C(C)C)C(OC)OC.CCCOC.CCCOC.CCCOC.CCCOC.COC1CCCCC1.COc1ccccc1. The Labute approximate surface area is 456 Å². The van der Waals surface area contributed by atoms with Crippen molar-refractivity contribution >= 4 is 0 Å². The average Bonchev–Trinajstić information content (AvgIpc) is 3.42. The van der Waals surface area contributed by atoms with Gasteiger partial charge in [-0.15, -0.1) is 0 Å². The summed E-state index contributed by atoms with van der Waals surface area (Å²) in [6.07, 6.45) is 20.5. The lowest BCUT2D eigenvalue weighted by Gasteiger charge is -2.44. The highest BCUT2D eigenvalue weighted by Crippen LogP contribution is 2.42. The number of unbranched alkanes of at least 4 members (excludes halogenated alkanes) is 1. The molecular weight excluding hydrogens is 925 g/mol. The number of methoxy groups -OCH3 is 12. The number of hydrogen-bond acceptors (Lipinski definition) is 12. The Morgan fingerprint density at radius 2 is 0.959 bits per heavy atom. The van der Waals surface area contributed by atoms with Gasteiger partial charge < -0.3 is 56.8 Å². The molecule has 2 rings (SSSR count). The van der Waals surface area contributed by atoms with E-state index in [0.717, 1.165) is 83.9 Å². The molecular formula is C61H130O12. The second kappa shape index (κ2) is 72.7. The summed E-state index contributed by atoms with van der Waals surface area (Å²) < 4.78 is 60.8. The topological polar surface area (TPSA) is 111 Å². The first-order valence-corrected chi connectivity index (χ1v) is 28.2. The molecule has 1 aromatic rings. The van der Waals surface area contributed by atoms with Crippen molar-refractivity contribution in [3.63, 3.8) is 0 Å². The van der Waals surface area contributed by atoms with E-state index in [2.05, 4.69) is 83.1 Å². The van der Waals surface area contributed by atoms with E-state index in [1.807, 2.05) is 37.4 Å². The molecule has 4 unspecified atom stereocenters. The van der Waals surface area contributed by atoms with E-state index >= 15 is 0 Å². The first-order valence-electron chi connectivity index (χ1n) is 28.2. The predicted molar refractivity (Wildman–Crippen MR) is 314 cm³/mol. The van der Waals surface area contributed by atoms with Crippen LogP contribution in [0.25, 0.3) is 0 Å². The van der Waals surface area contributed by atoms with Gasteiger partial charge in [0.1, 0.15) is 5.75 Å². The molecule has 0 heterocycles. The van der Waals surface area contributed by atoms with E-state index in [0.29, 0.717) is 42.5 Å². The van der Waals surface area contributed by atoms with Gasteiger partial charge in [-0.05, 0) is 88.2 Å². The Balaban J connectivity index is -0.000000142. The molecule has 73 heavy (non-hydrogen) atoms. The molecule has 1 aromatic carbocycles. The number of rotatable bonds is 30. The molecule has 0 aromatic heterocycles. The van der Waals surface area contributed by atoms with Crippen molar-refractivity contribution < 1.29 is 56.8 Å². The number of ether oxygens (including phenoxy) is 12. The monoisotopic (exact) mass is 1050 g/mol. The van der Waals surface area contributed by atoms with Gasteiger partial charge in [-0.2, -0.15) is 0 Å². The molecule has 1 saturated carbocycles. The summed E-state index contributed by atoms with van der Waals surface area (Å²) in [5.74, 6) is 3.31. The molecule has 0 aliphatic heterocycles. The zero-order chi connectivity index (χ0) is 57.4. The summed E-state index contributed by atoms with van der Waals surface area (Å²) in [6.45, 7) is 31.8. The van der Waals surface area contributed by atoms with Crippen LogP contribution in [0.15, 0.2) is 30.3 Å². The maximum atomic E-state index is 5.63. The van der Waals surface area contributed by atoms with Crippen molar-refractivity contribution in [2.75, 3.05) is 132 Å². The highest BCUT2D eigenvalue weighted by atomic mass is 16.7. The second-order valence-electron chi connectivity index (χ2n) is 18.7. The largest absolute Gasteiger partial charge is 0.497 e. The van der Waals surface area contributed by atoms with Crippen LogP contribution in [0, 0.1) is 29.1 Å². The van der Waals surface area contributed by atoms with Crippen LogP contribution in [-0.2, 0) is 52.1 Å². The van der Waals surface area contributed by atoms with Crippen LogP contribution >= 0.6 is 0 Å². The summed E-state index contributed by atoms with van der Waals surface area (Å²) in [4.78, 5) is 0. The fourth-order valence-electron chi connectivity index (χ4n) is 7.19. The minimum absolute atomic E-state index is 0.0767. The summed E-state index contributed by atoms with van der Waals surface area (Å²) in [7, 11) is 20.8. The Morgan fingerprint density at radius 1 is 0.507 bits per heavy atom. The van der Waals surface area contributed by atoms with Crippen molar-refractivity contribution in [1.29, 1.82) is 0 Å². The fraction of sp³-hybridized carbons (Fsp3) is 0.902. The second-order valence-corrected chi connectivity index (χ2v) is 18.7. The van der Waals surface area contributed by atoms with Crippen LogP contribution in [-0.4, -0.2) is 150 Å². The van der Waals surface area contributed by atoms with Gasteiger partial charge in [0, 0.05) is 116 Å². The van der Waals surface area contributed by atoms with Gasteiger partial charge in [-0.25, -0.2) is 0 Å². The van der Waals surface area contributed by atoms with E-state index in [9.17, 15) is 0 Å². The van der Waals surface area contributed by atoms with Crippen LogP contribution in [0.1, 0.15) is 186 Å². The van der Waals surface area contributed by atoms with Crippen LogP contribution in [0.5, 0.6) is 5.75 Å². The minimum atomic E-state index is -0.210. The highest BCUT2D eigenvalue weighted by molar-refractivity contribution is 5.20. The van der Waals surface area contributed by atoms with E-state index in [1.54, 1.807) is 78.2 Å². The first kappa shape index (κ1) is 85.5. The van der Waals surface area contributed by atoms with Crippen LogP contribution in [0.2, 0.25) is 0 Å².